The smallest absolute Gasteiger partial charge is 0.208 e. The third-order valence-electron chi connectivity index (χ3n) is 4.20. The average Bonchev–Trinajstić information content (AvgIpc) is 2.82. The molecule has 0 spiro atoms. The van der Waals surface area contributed by atoms with Crippen LogP contribution in [-0.4, -0.2) is 49.6 Å². The van der Waals surface area contributed by atoms with Crippen molar-refractivity contribution in [2.24, 2.45) is 0 Å². The lowest BCUT2D eigenvalue weighted by Crippen LogP contribution is -2.43. The molecule has 0 saturated carbocycles. The van der Waals surface area contributed by atoms with Crippen molar-refractivity contribution < 1.29 is 14.3 Å². The summed E-state index contributed by atoms with van der Waals surface area (Å²) in [6.45, 7) is 3.85. The maximum atomic E-state index is 12.5. The molecule has 4 heteroatoms. The molecule has 4 nitrogen and oxygen atoms in total. The molecule has 0 radical (unpaired) electrons. The summed E-state index contributed by atoms with van der Waals surface area (Å²) in [6.07, 6.45) is -0.380. The Morgan fingerprint density at radius 2 is 1.81 bits per heavy atom. The molecule has 2 aromatic carbocycles. The fraction of sp³-hybridized carbons (Fsp3) is 0.353. The quantitative estimate of drug-likeness (QED) is 0.846. The molecule has 108 valence electrons. The Balaban J connectivity index is 1.60. The molecular formula is C17H17NO3. The number of carbonyl (C=O) groups is 1. The lowest BCUT2D eigenvalue weighted by Gasteiger charge is -2.28. The number of ketones is 1. The second-order valence-electron chi connectivity index (χ2n) is 5.58. The Morgan fingerprint density at radius 1 is 1.10 bits per heavy atom. The number of Topliss-reactive ketones (excluding diaryl/α,β-unsaturated/α-hetero) is 1. The Hall–Kier alpha value is -1.91. The Kier molecular flexibility index (Phi) is 3.13. The van der Waals surface area contributed by atoms with Crippen molar-refractivity contribution in [2.75, 3.05) is 32.8 Å². The van der Waals surface area contributed by atoms with Gasteiger partial charge in [0.1, 0.15) is 5.75 Å². The Bertz CT molecular complexity index is 691. The van der Waals surface area contributed by atoms with Gasteiger partial charge in [-0.3, -0.25) is 9.69 Å². The predicted molar refractivity (Wildman–Crippen MR) is 80.0 cm³/mol. The van der Waals surface area contributed by atoms with Crippen molar-refractivity contribution in [3.63, 3.8) is 0 Å². The summed E-state index contributed by atoms with van der Waals surface area (Å²) in [5.74, 6) is 0.819. The second-order valence-corrected chi connectivity index (χ2v) is 5.58. The highest BCUT2D eigenvalue weighted by Crippen LogP contribution is 2.33. The number of fused-ring (bicyclic) bond motifs is 2. The number of benzene rings is 2. The van der Waals surface area contributed by atoms with Gasteiger partial charge in [0.2, 0.25) is 5.78 Å². The monoisotopic (exact) mass is 283 g/mol. The minimum Gasteiger partial charge on any atom is -0.480 e. The molecular weight excluding hydrogens is 266 g/mol. The third kappa shape index (κ3) is 2.30. The van der Waals surface area contributed by atoms with E-state index in [0.29, 0.717) is 12.1 Å². The first kappa shape index (κ1) is 12.8. The fourth-order valence-electron chi connectivity index (χ4n) is 3.03. The Labute approximate surface area is 123 Å². The highest BCUT2D eigenvalue weighted by Gasteiger charge is 2.34. The van der Waals surface area contributed by atoms with Gasteiger partial charge in [-0.25, -0.2) is 0 Å². The maximum Gasteiger partial charge on any atom is 0.208 e. The van der Waals surface area contributed by atoms with Gasteiger partial charge in [0.25, 0.3) is 0 Å². The molecule has 21 heavy (non-hydrogen) atoms. The second kappa shape index (κ2) is 5.13. The number of carbonyl (C=O) groups excluding carboxylic acids is 1. The van der Waals surface area contributed by atoms with E-state index in [1.807, 2.05) is 36.4 Å². The van der Waals surface area contributed by atoms with Gasteiger partial charge < -0.3 is 9.47 Å². The van der Waals surface area contributed by atoms with Crippen molar-refractivity contribution in [1.82, 2.24) is 4.90 Å². The fourth-order valence-corrected chi connectivity index (χ4v) is 3.03. The van der Waals surface area contributed by atoms with Crippen molar-refractivity contribution in [3.05, 3.63) is 42.0 Å². The summed E-state index contributed by atoms with van der Waals surface area (Å²) in [7, 11) is 0. The van der Waals surface area contributed by atoms with Gasteiger partial charge in [0, 0.05) is 19.6 Å². The average molecular weight is 283 g/mol. The lowest BCUT2D eigenvalue weighted by atomic mass is 10.0. The molecule has 2 aliphatic heterocycles. The van der Waals surface area contributed by atoms with Crippen molar-refractivity contribution in [3.8, 4) is 5.75 Å². The van der Waals surface area contributed by atoms with Crippen molar-refractivity contribution >= 4 is 16.6 Å². The highest BCUT2D eigenvalue weighted by atomic mass is 16.5. The van der Waals surface area contributed by atoms with E-state index in [1.54, 1.807) is 0 Å². The number of hydrogen-bond acceptors (Lipinski definition) is 4. The van der Waals surface area contributed by atoms with Crippen LogP contribution < -0.4 is 4.74 Å². The van der Waals surface area contributed by atoms with Gasteiger partial charge in [-0.05, 0) is 22.9 Å². The first-order chi connectivity index (χ1) is 10.3. The lowest BCUT2D eigenvalue weighted by molar-refractivity contribution is 0.0222. The van der Waals surface area contributed by atoms with Gasteiger partial charge in [0.05, 0.1) is 18.8 Å². The largest absolute Gasteiger partial charge is 0.480 e. The highest BCUT2D eigenvalue weighted by molar-refractivity contribution is 6.07. The summed E-state index contributed by atoms with van der Waals surface area (Å²) in [6, 6.07) is 12.0. The molecule has 2 heterocycles. The summed E-state index contributed by atoms with van der Waals surface area (Å²) < 4.78 is 11.2. The minimum absolute atomic E-state index is 0.0993. The van der Waals surface area contributed by atoms with Crippen LogP contribution in [0.25, 0.3) is 10.8 Å². The first-order valence-electron chi connectivity index (χ1n) is 7.35. The van der Waals surface area contributed by atoms with Crippen LogP contribution in [0.3, 0.4) is 0 Å². The summed E-state index contributed by atoms with van der Waals surface area (Å²) in [5, 5.41) is 2.19. The van der Waals surface area contributed by atoms with Crippen LogP contribution in [0.15, 0.2) is 36.4 Å². The number of ether oxygens (including phenoxy) is 2. The van der Waals surface area contributed by atoms with Crippen LogP contribution in [0, 0.1) is 0 Å². The van der Waals surface area contributed by atoms with Gasteiger partial charge in [-0.2, -0.15) is 0 Å². The molecule has 1 saturated heterocycles. The SMILES string of the molecule is O=C1c2cc3ccccc3cc2OC1CN1CCOCC1. The zero-order valence-corrected chi connectivity index (χ0v) is 11.7. The van der Waals surface area contributed by atoms with Crippen LogP contribution >= 0.6 is 0 Å². The normalized spacial score (nSPS) is 22.3. The molecule has 0 bridgehead atoms. The van der Waals surface area contributed by atoms with E-state index >= 15 is 0 Å². The van der Waals surface area contributed by atoms with E-state index in [2.05, 4.69) is 4.90 Å². The van der Waals surface area contributed by atoms with Gasteiger partial charge >= 0.3 is 0 Å². The molecule has 0 aliphatic carbocycles. The van der Waals surface area contributed by atoms with Crippen LogP contribution in [-0.2, 0) is 4.74 Å². The van der Waals surface area contributed by atoms with E-state index in [1.165, 1.54) is 0 Å². The van der Waals surface area contributed by atoms with Crippen LogP contribution in [0.1, 0.15) is 10.4 Å². The van der Waals surface area contributed by atoms with Gasteiger partial charge in [-0.1, -0.05) is 24.3 Å². The van der Waals surface area contributed by atoms with Crippen LogP contribution in [0.5, 0.6) is 5.75 Å². The topological polar surface area (TPSA) is 38.8 Å². The first-order valence-corrected chi connectivity index (χ1v) is 7.35. The summed E-state index contributed by atoms with van der Waals surface area (Å²) >= 11 is 0. The zero-order chi connectivity index (χ0) is 14.2. The summed E-state index contributed by atoms with van der Waals surface area (Å²) in [4.78, 5) is 14.8. The third-order valence-corrected chi connectivity index (χ3v) is 4.20. The summed E-state index contributed by atoms with van der Waals surface area (Å²) in [5.41, 5.74) is 0.715. The van der Waals surface area contributed by atoms with Crippen molar-refractivity contribution in [1.29, 1.82) is 0 Å². The molecule has 0 amide bonds. The number of rotatable bonds is 2. The number of morpholine rings is 1. The molecule has 0 N–H and O–H groups in total. The van der Waals surface area contributed by atoms with E-state index in [9.17, 15) is 4.79 Å². The van der Waals surface area contributed by atoms with Crippen molar-refractivity contribution in [2.45, 2.75) is 6.10 Å². The molecule has 2 aliphatic rings. The van der Waals surface area contributed by atoms with E-state index in [-0.39, 0.29) is 11.9 Å². The zero-order valence-electron chi connectivity index (χ0n) is 11.7. The number of hydrogen-bond donors (Lipinski definition) is 0. The predicted octanol–water partition coefficient (Wildman–Crippen LogP) is 2.12. The number of nitrogens with zero attached hydrogens (tertiary/aromatic N) is 1. The van der Waals surface area contributed by atoms with E-state index in [4.69, 9.17) is 9.47 Å². The Morgan fingerprint density at radius 3 is 2.57 bits per heavy atom. The van der Waals surface area contributed by atoms with Crippen LogP contribution in [0.4, 0.5) is 0 Å². The molecule has 4 rings (SSSR count). The molecule has 1 fully saturated rings. The molecule has 0 aromatic heterocycles. The molecule has 2 aromatic rings. The van der Waals surface area contributed by atoms with E-state index in [0.717, 1.165) is 42.8 Å². The van der Waals surface area contributed by atoms with E-state index < -0.39 is 0 Å². The maximum absolute atomic E-state index is 12.5. The van der Waals surface area contributed by atoms with Gasteiger partial charge in [-0.15, -0.1) is 0 Å². The van der Waals surface area contributed by atoms with Gasteiger partial charge in [0.15, 0.2) is 6.10 Å². The minimum atomic E-state index is -0.380. The van der Waals surface area contributed by atoms with Crippen LogP contribution in [0.2, 0.25) is 0 Å². The molecule has 1 atom stereocenters. The standard InChI is InChI=1S/C17H17NO3/c19-17-14-9-12-3-1-2-4-13(12)10-15(14)21-16(17)11-18-5-7-20-8-6-18/h1-4,9-10,16H,5-8,11H2. The molecule has 1 unspecified atom stereocenters.